The van der Waals surface area contributed by atoms with E-state index in [4.69, 9.17) is 4.74 Å². The highest BCUT2D eigenvalue weighted by molar-refractivity contribution is 9.10. The number of nitrogens with zero attached hydrogens (tertiary/aromatic N) is 1. The zero-order chi connectivity index (χ0) is 15.8. The van der Waals surface area contributed by atoms with E-state index in [1.807, 2.05) is 20.8 Å². The van der Waals surface area contributed by atoms with Crippen LogP contribution < -0.4 is 9.46 Å². The highest BCUT2D eigenvalue weighted by atomic mass is 79.9. The van der Waals surface area contributed by atoms with E-state index in [0.717, 1.165) is 0 Å². The van der Waals surface area contributed by atoms with Crippen LogP contribution in [-0.4, -0.2) is 15.9 Å². The van der Waals surface area contributed by atoms with Crippen LogP contribution in [0.1, 0.15) is 32.8 Å². The summed E-state index contributed by atoms with van der Waals surface area (Å²) in [7, 11) is 0. The average molecular weight is 375 g/mol. The van der Waals surface area contributed by atoms with E-state index >= 15 is 0 Å². The van der Waals surface area contributed by atoms with Crippen molar-refractivity contribution < 1.29 is 13.7 Å². The van der Waals surface area contributed by atoms with Gasteiger partial charge >= 0.3 is 0 Å². The molecule has 0 saturated heterocycles. The summed E-state index contributed by atoms with van der Waals surface area (Å²) < 4.78 is 34.5. The number of rotatable bonds is 2. The van der Waals surface area contributed by atoms with Gasteiger partial charge < -0.3 is 9.29 Å². The molecule has 1 aliphatic heterocycles. The van der Waals surface area contributed by atoms with E-state index in [2.05, 4.69) is 26.7 Å². The number of benzene rings is 1. The molecular formula is C14H16BrFN2O2S. The second kappa shape index (κ2) is 5.76. The topological polar surface area (TPSA) is 68.1 Å². The van der Waals surface area contributed by atoms with Gasteiger partial charge in [0.05, 0.1) is 17.1 Å². The lowest BCUT2D eigenvalue weighted by Gasteiger charge is -2.36. The van der Waals surface area contributed by atoms with E-state index in [9.17, 15) is 14.2 Å². The lowest BCUT2D eigenvalue weighted by atomic mass is 9.87. The molecule has 0 spiro atoms. The summed E-state index contributed by atoms with van der Waals surface area (Å²) in [5.41, 5.74) is -0.831. The van der Waals surface area contributed by atoms with E-state index in [-0.39, 0.29) is 16.8 Å². The van der Waals surface area contributed by atoms with Crippen LogP contribution >= 0.6 is 15.9 Å². The number of ether oxygens (including phenoxy) is 1. The minimum Gasteiger partial charge on any atom is -0.598 e. The molecule has 1 aromatic carbocycles. The molecule has 114 valence electrons. The first-order valence-electron chi connectivity index (χ1n) is 6.43. The summed E-state index contributed by atoms with van der Waals surface area (Å²) in [6.07, 6.45) is 0.305. The maximum atomic E-state index is 14.1. The molecule has 0 saturated carbocycles. The minimum atomic E-state index is -1.46. The highest BCUT2D eigenvalue weighted by Gasteiger charge is 2.45. The first-order chi connectivity index (χ1) is 9.71. The molecule has 1 N–H and O–H groups in total. The largest absolute Gasteiger partial charge is 0.598 e. The third kappa shape index (κ3) is 3.04. The summed E-state index contributed by atoms with van der Waals surface area (Å²) >= 11 is 1.64. The molecule has 0 unspecified atom stereocenters. The van der Waals surface area contributed by atoms with Crippen LogP contribution in [0.2, 0.25) is 0 Å². The second-order valence-corrected chi connectivity index (χ2v) is 8.66. The predicted octanol–water partition coefficient (Wildman–Crippen LogP) is 3.14. The molecular weight excluding hydrogens is 359 g/mol. The van der Waals surface area contributed by atoms with Crippen LogP contribution in [0.25, 0.3) is 0 Å². The molecule has 0 aliphatic carbocycles. The van der Waals surface area contributed by atoms with Crippen molar-refractivity contribution in [3.05, 3.63) is 28.0 Å². The van der Waals surface area contributed by atoms with E-state index < -0.39 is 27.5 Å². The van der Waals surface area contributed by atoms with Crippen molar-refractivity contribution in [2.24, 2.45) is 0 Å². The highest BCUT2D eigenvalue weighted by Crippen LogP contribution is 2.41. The van der Waals surface area contributed by atoms with Gasteiger partial charge in [-0.2, -0.15) is 5.26 Å². The molecule has 21 heavy (non-hydrogen) atoms. The molecule has 2 rings (SSSR count). The monoisotopic (exact) mass is 374 g/mol. The van der Waals surface area contributed by atoms with Crippen LogP contribution in [0.15, 0.2) is 16.6 Å². The number of hydrogen-bond acceptors (Lipinski definition) is 4. The van der Waals surface area contributed by atoms with Gasteiger partial charge in [0, 0.05) is 23.3 Å². The van der Waals surface area contributed by atoms with Crippen molar-refractivity contribution in [2.75, 3.05) is 6.61 Å². The average Bonchev–Trinajstić information content (AvgIpc) is 2.42. The zero-order valence-corrected chi connectivity index (χ0v) is 14.4. The molecule has 0 amide bonds. The lowest BCUT2D eigenvalue weighted by molar-refractivity contribution is 0.223. The van der Waals surface area contributed by atoms with Gasteiger partial charge in [0.25, 0.3) is 0 Å². The molecule has 0 radical (unpaired) electrons. The summed E-state index contributed by atoms with van der Waals surface area (Å²) in [4.78, 5) is 0. The molecule has 1 aliphatic rings. The van der Waals surface area contributed by atoms with Crippen molar-refractivity contribution in [1.29, 1.82) is 5.26 Å². The molecule has 0 aromatic heterocycles. The standard InChI is InChI=1S/C14H16BrFN2O2S/c1-13(2,3)21(19)18-14(8-17)6-7-20-12-9(14)4-5-10(15)11(12)16/h4-5,18H,6-7H2,1-3H3/t14-,21+/m1/s1. The van der Waals surface area contributed by atoms with E-state index in [0.29, 0.717) is 12.0 Å². The third-order valence-electron chi connectivity index (χ3n) is 3.25. The Morgan fingerprint density at radius 2 is 2.19 bits per heavy atom. The molecule has 0 fully saturated rings. The first-order valence-corrected chi connectivity index (χ1v) is 8.38. The van der Waals surface area contributed by atoms with Crippen LogP contribution in [0.5, 0.6) is 5.75 Å². The minimum absolute atomic E-state index is 0.0376. The zero-order valence-electron chi connectivity index (χ0n) is 12.0. The van der Waals surface area contributed by atoms with Crippen molar-refractivity contribution in [1.82, 2.24) is 4.72 Å². The molecule has 0 bridgehead atoms. The Morgan fingerprint density at radius 3 is 2.76 bits per heavy atom. The maximum Gasteiger partial charge on any atom is 0.181 e. The summed E-state index contributed by atoms with van der Waals surface area (Å²) in [5, 5.41) is 9.63. The molecule has 2 atom stereocenters. The summed E-state index contributed by atoms with van der Waals surface area (Å²) in [5.74, 6) is -0.509. The number of hydrogen-bond donors (Lipinski definition) is 1. The summed E-state index contributed by atoms with van der Waals surface area (Å²) in [6, 6.07) is 5.30. The third-order valence-corrected chi connectivity index (χ3v) is 5.51. The second-order valence-electron chi connectivity index (χ2n) is 5.84. The Bertz CT molecular complexity index is 600. The Morgan fingerprint density at radius 1 is 1.52 bits per heavy atom. The fourth-order valence-electron chi connectivity index (χ4n) is 2.01. The molecule has 7 heteroatoms. The van der Waals surface area contributed by atoms with Crippen molar-refractivity contribution in [2.45, 2.75) is 37.5 Å². The number of fused-ring (bicyclic) bond motifs is 1. The molecule has 4 nitrogen and oxygen atoms in total. The van der Waals surface area contributed by atoms with Gasteiger partial charge in [0.1, 0.15) is 4.75 Å². The van der Waals surface area contributed by atoms with Crippen molar-refractivity contribution in [3.63, 3.8) is 0 Å². The van der Waals surface area contributed by atoms with Crippen molar-refractivity contribution >= 4 is 27.3 Å². The van der Waals surface area contributed by atoms with Gasteiger partial charge in [-0.3, -0.25) is 0 Å². The van der Waals surface area contributed by atoms with E-state index in [1.165, 1.54) is 6.07 Å². The van der Waals surface area contributed by atoms with Gasteiger partial charge in [0.2, 0.25) is 0 Å². The quantitative estimate of drug-likeness (QED) is 0.807. The Labute approximate surface area is 135 Å². The van der Waals surface area contributed by atoms with Crippen LogP contribution in [0.3, 0.4) is 0 Å². The Hall–Kier alpha value is -0.810. The maximum absolute atomic E-state index is 14.1. The first kappa shape index (κ1) is 16.6. The number of halogens is 2. The number of nitrogens with one attached hydrogen (secondary N) is 1. The Balaban J connectivity index is 2.49. The van der Waals surface area contributed by atoms with Crippen molar-refractivity contribution in [3.8, 4) is 11.8 Å². The Kier molecular flexibility index (Phi) is 4.54. The normalized spacial score (nSPS) is 22.9. The van der Waals surface area contributed by atoms with Gasteiger partial charge in [-0.25, -0.2) is 4.39 Å². The summed E-state index contributed by atoms with van der Waals surface area (Å²) in [6.45, 7) is 5.61. The fraction of sp³-hybridized carbons (Fsp3) is 0.500. The van der Waals surface area contributed by atoms with Gasteiger partial charge in [-0.05, 0) is 42.8 Å². The van der Waals surface area contributed by atoms with Gasteiger partial charge in [-0.15, -0.1) is 4.72 Å². The predicted molar refractivity (Wildman–Crippen MR) is 82.5 cm³/mol. The molecule has 1 aromatic rings. The smallest absolute Gasteiger partial charge is 0.181 e. The number of nitriles is 1. The molecule has 1 heterocycles. The van der Waals surface area contributed by atoms with Crippen LogP contribution in [-0.2, 0) is 16.9 Å². The fourth-order valence-corrected chi connectivity index (χ4v) is 3.20. The van der Waals surface area contributed by atoms with Gasteiger partial charge in [0.15, 0.2) is 17.1 Å². The van der Waals surface area contributed by atoms with Crippen LogP contribution in [0.4, 0.5) is 4.39 Å². The van der Waals surface area contributed by atoms with E-state index in [1.54, 1.807) is 6.07 Å². The SMILES string of the molecule is CC(C)(C)[S@+]([O-])N[C@@]1(C#N)CCOc2c1ccc(Br)c2F. The van der Waals surface area contributed by atoms with Gasteiger partial charge in [-0.1, -0.05) is 6.07 Å². The lowest BCUT2D eigenvalue weighted by Crippen LogP contribution is -2.52. The van der Waals surface area contributed by atoms with Crippen LogP contribution in [0, 0.1) is 17.1 Å².